The maximum absolute atomic E-state index is 13.4. The smallest absolute Gasteiger partial charge is 0.166 e. The number of carbonyl (C=O) groups excluding carboxylic acids is 1. The van der Waals surface area contributed by atoms with Gasteiger partial charge in [0.05, 0.1) is 22.3 Å². The summed E-state index contributed by atoms with van der Waals surface area (Å²) in [5.74, 6) is -2.87. The van der Waals surface area contributed by atoms with Crippen molar-refractivity contribution in [1.29, 1.82) is 0 Å². The van der Waals surface area contributed by atoms with Gasteiger partial charge in [0.1, 0.15) is 0 Å². The first-order valence-corrected chi connectivity index (χ1v) is 9.39. The van der Waals surface area contributed by atoms with E-state index in [0.29, 0.717) is 37.1 Å². The summed E-state index contributed by atoms with van der Waals surface area (Å²) >= 11 is 0. The van der Waals surface area contributed by atoms with Crippen LogP contribution < -0.4 is 9.47 Å². The Morgan fingerprint density at radius 2 is 1.79 bits per heavy atom. The highest BCUT2D eigenvalue weighted by atomic mass is 16.5. The first-order chi connectivity index (χ1) is 17.5. The van der Waals surface area contributed by atoms with Crippen molar-refractivity contribution >= 4 is 5.78 Å². The Labute approximate surface area is 188 Å². The molecule has 4 nitrogen and oxygen atoms in total. The topological polar surface area (TPSA) is 38.8 Å². The van der Waals surface area contributed by atoms with Gasteiger partial charge in [-0.1, -0.05) is 37.8 Å². The lowest BCUT2D eigenvalue weighted by Gasteiger charge is -2.32. The van der Waals surface area contributed by atoms with Gasteiger partial charge in [-0.3, -0.25) is 9.69 Å². The number of Topliss-reactive ketones (excluding diaryl/α,β-unsaturated/α-hetero) is 1. The van der Waals surface area contributed by atoms with E-state index < -0.39 is 50.3 Å². The molecule has 0 radical (unpaired) electrons. The largest absolute Gasteiger partial charge is 0.493 e. The summed E-state index contributed by atoms with van der Waals surface area (Å²) in [6, 6.07) is 11.2. The Bertz CT molecular complexity index is 1170. The molecule has 4 heteroatoms. The molecule has 0 amide bonds. The molecule has 1 saturated heterocycles. The standard InChI is InChI=1S/C24H29NO3.CH4/c1-27-22-14-19-13-20(24(26)21(19)15-23(22)28-2)12-17-8-10-25(11-9-17)16-18-6-4-3-5-7-18;/h3-7,14-15,17,20H,8-13,16H2,1-2H3;1H4/i1D3,2D3,12D2,16D2;. The fraction of sp³-hybridized carbons (Fsp3) is 0.480. The van der Waals surface area contributed by atoms with E-state index in [0.717, 1.165) is 6.07 Å². The maximum atomic E-state index is 13.4. The van der Waals surface area contributed by atoms with Crippen molar-refractivity contribution in [3.05, 3.63) is 59.2 Å². The molecule has 1 atom stereocenters. The molecule has 0 N–H and O–H groups in total. The van der Waals surface area contributed by atoms with Gasteiger partial charge < -0.3 is 9.47 Å². The highest BCUT2D eigenvalue weighted by molar-refractivity contribution is 6.02. The van der Waals surface area contributed by atoms with Crippen LogP contribution in [0.3, 0.4) is 0 Å². The molecule has 0 spiro atoms. The van der Waals surface area contributed by atoms with Crippen LogP contribution in [0.2, 0.25) is 0 Å². The number of likely N-dealkylation sites (tertiary alicyclic amines) is 1. The average Bonchev–Trinajstić information content (AvgIpc) is 3.14. The molecular formula is C25H33NO3. The lowest BCUT2D eigenvalue weighted by atomic mass is 9.85. The van der Waals surface area contributed by atoms with Crippen LogP contribution in [-0.2, 0) is 12.9 Å². The van der Waals surface area contributed by atoms with Gasteiger partial charge in [-0.15, -0.1) is 0 Å². The quantitative estimate of drug-likeness (QED) is 0.678. The van der Waals surface area contributed by atoms with E-state index in [1.807, 2.05) is 6.07 Å². The summed E-state index contributed by atoms with van der Waals surface area (Å²) in [6.45, 7) is -1.09. The van der Waals surface area contributed by atoms with Crippen molar-refractivity contribution in [2.24, 2.45) is 11.8 Å². The van der Waals surface area contributed by atoms with E-state index in [-0.39, 0.29) is 25.2 Å². The first-order valence-electron chi connectivity index (χ1n) is 14.4. The number of benzene rings is 2. The zero-order chi connectivity index (χ0) is 28.1. The Morgan fingerprint density at radius 3 is 2.48 bits per heavy atom. The second-order valence-corrected chi connectivity index (χ2v) is 7.19. The Balaban J connectivity index is 0.00000420. The van der Waals surface area contributed by atoms with E-state index in [2.05, 4.69) is 0 Å². The molecule has 1 aliphatic heterocycles. The molecule has 156 valence electrons. The fourth-order valence-electron chi connectivity index (χ4n) is 3.93. The summed E-state index contributed by atoms with van der Waals surface area (Å²) in [5, 5.41) is 0. The van der Waals surface area contributed by atoms with Crippen LogP contribution >= 0.6 is 0 Å². The lowest BCUT2D eigenvalue weighted by molar-refractivity contribution is 0.0895. The number of ether oxygens (including phenoxy) is 2. The molecular weight excluding hydrogens is 362 g/mol. The van der Waals surface area contributed by atoms with Crippen LogP contribution in [0, 0.1) is 11.8 Å². The number of ketones is 1. The minimum absolute atomic E-state index is 0. The third kappa shape index (κ3) is 4.64. The molecule has 2 aromatic rings. The summed E-state index contributed by atoms with van der Waals surface area (Å²) in [5.41, 5.74) is 0.959. The predicted molar refractivity (Wildman–Crippen MR) is 117 cm³/mol. The summed E-state index contributed by atoms with van der Waals surface area (Å²) in [6.07, 6.45) is -1.24. The van der Waals surface area contributed by atoms with Gasteiger partial charge in [-0.05, 0) is 67.9 Å². The first kappa shape index (κ1) is 11.8. The molecule has 1 unspecified atom stereocenters. The van der Waals surface area contributed by atoms with Crippen molar-refractivity contribution < 1.29 is 28.0 Å². The minimum atomic E-state index is -2.92. The zero-order valence-electron chi connectivity index (χ0n) is 25.4. The normalized spacial score (nSPS) is 26.5. The van der Waals surface area contributed by atoms with E-state index in [1.165, 1.54) is 6.07 Å². The van der Waals surface area contributed by atoms with Gasteiger partial charge >= 0.3 is 0 Å². The summed E-state index contributed by atoms with van der Waals surface area (Å²) < 4.78 is 89.0. The van der Waals surface area contributed by atoms with Crippen LogP contribution in [0.5, 0.6) is 11.5 Å². The minimum Gasteiger partial charge on any atom is -0.493 e. The third-order valence-corrected chi connectivity index (χ3v) is 5.39. The number of hydrogen-bond acceptors (Lipinski definition) is 4. The van der Waals surface area contributed by atoms with Crippen molar-refractivity contribution in [2.75, 3.05) is 27.2 Å². The van der Waals surface area contributed by atoms with E-state index in [1.54, 1.807) is 29.2 Å². The molecule has 1 fully saturated rings. The SMILES string of the molecule is C.[2H]C([2H])([2H])Oc1cc2c(cc1OC([2H])([2H])[2H])C(=O)C(C([2H])([2H])C1CCN(C([2H])([2H])c3ccccc3)CC1)C2. The summed E-state index contributed by atoms with van der Waals surface area (Å²) in [4.78, 5) is 15.0. The van der Waals surface area contributed by atoms with Crippen molar-refractivity contribution in [2.45, 2.75) is 39.6 Å². The number of methoxy groups -OCH3 is 2. The van der Waals surface area contributed by atoms with Gasteiger partial charge in [-0.2, -0.15) is 0 Å². The zero-order valence-corrected chi connectivity index (χ0v) is 15.4. The van der Waals surface area contributed by atoms with Crippen LogP contribution in [0.25, 0.3) is 0 Å². The number of carbonyl (C=O) groups is 1. The molecule has 1 aliphatic carbocycles. The van der Waals surface area contributed by atoms with E-state index >= 15 is 0 Å². The van der Waals surface area contributed by atoms with Crippen LogP contribution in [0.4, 0.5) is 0 Å². The van der Waals surface area contributed by atoms with Gasteiger partial charge in [-0.25, -0.2) is 0 Å². The van der Waals surface area contributed by atoms with Gasteiger partial charge in [0, 0.05) is 23.5 Å². The molecule has 1 heterocycles. The molecule has 0 aromatic heterocycles. The number of piperidine rings is 1. The van der Waals surface area contributed by atoms with Gasteiger partial charge in [0.25, 0.3) is 0 Å². The van der Waals surface area contributed by atoms with Gasteiger partial charge in [0.15, 0.2) is 17.3 Å². The average molecular weight is 406 g/mol. The number of nitrogens with zero attached hydrogens (tertiary/aromatic N) is 1. The van der Waals surface area contributed by atoms with Crippen LogP contribution in [0.15, 0.2) is 42.5 Å². The maximum Gasteiger partial charge on any atom is 0.166 e. The van der Waals surface area contributed by atoms with E-state index in [9.17, 15) is 4.79 Å². The lowest BCUT2D eigenvalue weighted by Crippen LogP contribution is -2.34. The predicted octanol–water partition coefficient (Wildman–Crippen LogP) is 5.00. The van der Waals surface area contributed by atoms with Crippen molar-refractivity contribution in [3.63, 3.8) is 0 Å². The third-order valence-electron chi connectivity index (χ3n) is 5.39. The van der Waals surface area contributed by atoms with E-state index in [4.69, 9.17) is 23.2 Å². The molecule has 4 rings (SSSR count). The highest BCUT2D eigenvalue weighted by Crippen LogP contribution is 2.39. The molecule has 2 aliphatic rings. The number of rotatable bonds is 6. The van der Waals surface area contributed by atoms with Crippen molar-refractivity contribution in [3.8, 4) is 11.5 Å². The Hall–Kier alpha value is -2.33. The number of fused-ring (bicyclic) bond motifs is 1. The second-order valence-electron chi connectivity index (χ2n) is 7.19. The second kappa shape index (κ2) is 9.45. The van der Waals surface area contributed by atoms with Crippen LogP contribution in [0.1, 0.15) is 61.8 Å². The van der Waals surface area contributed by atoms with Crippen LogP contribution in [-0.4, -0.2) is 37.8 Å². The fourth-order valence-corrected chi connectivity index (χ4v) is 3.93. The molecule has 29 heavy (non-hydrogen) atoms. The Kier molecular flexibility index (Phi) is 3.83. The number of hydrogen-bond donors (Lipinski definition) is 0. The van der Waals surface area contributed by atoms with Crippen molar-refractivity contribution in [1.82, 2.24) is 4.90 Å². The van der Waals surface area contributed by atoms with Gasteiger partial charge in [0.2, 0.25) is 0 Å². The molecule has 0 saturated carbocycles. The Morgan fingerprint density at radius 1 is 1.10 bits per heavy atom. The monoisotopic (exact) mass is 405 g/mol. The summed E-state index contributed by atoms with van der Waals surface area (Å²) in [7, 11) is -5.81. The molecule has 0 bridgehead atoms. The highest BCUT2D eigenvalue weighted by Gasteiger charge is 2.34. The molecule has 2 aromatic carbocycles.